The molecule has 2 aromatic rings. The Bertz CT molecular complexity index is 854. The van der Waals surface area contributed by atoms with Crippen molar-refractivity contribution in [2.24, 2.45) is 0 Å². The molecule has 0 saturated carbocycles. The Morgan fingerprint density at radius 3 is 2.23 bits per heavy atom. The topological polar surface area (TPSA) is 125 Å². The third-order valence-corrected chi connectivity index (χ3v) is 4.01. The van der Waals surface area contributed by atoms with Gasteiger partial charge in [-0.15, -0.1) is 0 Å². The summed E-state index contributed by atoms with van der Waals surface area (Å²) < 4.78 is 25.7. The van der Waals surface area contributed by atoms with Crippen molar-refractivity contribution < 1.29 is 37.7 Å². The third-order valence-electron chi connectivity index (χ3n) is 4.01. The number of hydrogen-bond donors (Lipinski definition) is 2. The zero-order chi connectivity index (χ0) is 22.1. The normalized spacial score (nSPS) is 11.2. The first-order valence-electron chi connectivity index (χ1n) is 8.97. The number of nitrogens with one attached hydrogen (secondary N) is 2. The van der Waals surface area contributed by atoms with E-state index in [1.165, 1.54) is 46.6 Å². The van der Waals surface area contributed by atoms with Gasteiger partial charge in [0.2, 0.25) is 5.75 Å². The molecule has 0 bridgehead atoms. The number of methoxy groups -OCH3 is 3. The number of ether oxygens (including phenoxy) is 4. The fraction of sp³-hybridized carbons (Fsp3) is 0.350. The van der Waals surface area contributed by atoms with Crippen LogP contribution in [0.2, 0.25) is 0 Å². The molecule has 0 unspecified atom stereocenters. The van der Waals surface area contributed by atoms with Gasteiger partial charge in [-0.1, -0.05) is 0 Å². The Kier molecular flexibility index (Phi) is 8.09. The lowest BCUT2D eigenvalue weighted by Gasteiger charge is -2.15. The minimum atomic E-state index is -1.04. The molecule has 10 heteroatoms. The van der Waals surface area contributed by atoms with Gasteiger partial charge in [0.1, 0.15) is 12.3 Å². The summed E-state index contributed by atoms with van der Waals surface area (Å²) >= 11 is 0. The summed E-state index contributed by atoms with van der Waals surface area (Å²) in [6.45, 7) is 1.17. The van der Waals surface area contributed by atoms with E-state index < -0.39 is 30.4 Å². The van der Waals surface area contributed by atoms with E-state index in [4.69, 9.17) is 23.4 Å². The highest BCUT2D eigenvalue weighted by molar-refractivity contribution is 5.97. The smallest absolute Gasteiger partial charge is 0.326 e. The van der Waals surface area contributed by atoms with Crippen LogP contribution in [0.4, 0.5) is 0 Å². The maximum absolute atomic E-state index is 12.4. The van der Waals surface area contributed by atoms with Gasteiger partial charge < -0.3 is 34.0 Å². The lowest BCUT2D eigenvalue weighted by Crippen LogP contribution is -2.38. The van der Waals surface area contributed by atoms with Crippen LogP contribution in [-0.4, -0.2) is 51.8 Å². The third kappa shape index (κ3) is 5.90. The maximum Gasteiger partial charge on any atom is 0.326 e. The molecule has 0 aliphatic rings. The van der Waals surface area contributed by atoms with Crippen molar-refractivity contribution in [3.8, 4) is 17.2 Å². The Labute approximate surface area is 173 Å². The van der Waals surface area contributed by atoms with E-state index in [0.29, 0.717) is 23.0 Å². The highest BCUT2D eigenvalue weighted by Gasteiger charge is 2.20. The molecule has 0 saturated heterocycles. The quantitative estimate of drug-likeness (QED) is 0.551. The highest BCUT2D eigenvalue weighted by atomic mass is 16.5. The molecule has 0 spiro atoms. The van der Waals surface area contributed by atoms with Crippen LogP contribution >= 0.6 is 0 Å². The summed E-state index contributed by atoms with van der Waals surface area (Å²) in [5, 5.41) is 5.01. The molecule has 0 fully saturated rings. The van der Waals surface area contributed by atoms with Crippen molar-refractivity contribution in [3.05, 3.63) is 41.9 Å². The van der Waals surface area contributed by atoms with Gasteiger partial charge in [-0.2, -0.15) is 0 Å². The number of esters is 1. The van der Waals surface area contributed by atoms with Gasteiger partial charge in [0.05, 0.1) is 34.1 Å². The first kappa shape index (κ1) is 22.6. The molecule has 2 rings (SSSR count). The highest BCUT2D eigenvalue weighted by Crippen LogP contribution is 2.38. The van der Waals surface area contributed by atoms with E-state index in [1.54, 1.807) is 12.1 Å². The largest absolute Gasteiger partial charge is 0.493 e. The summed E-state index contributed by atoms with van der Waals surface area (Å²) in [7, 11) is 4.30. The van der Waals surface area contributed by atoms with Crippen LogP contribution in [0.25, 0.3) is 0 Å². The van der Waals surface area contributed by atoms with Crippen LogP contribution in [0.15, 0.2) is 34.9 Å². The summed E-state index contributed by atoms with van der Waals surface area (Å²) in [4.78, 5) is 36.3. The van der Waals surface area contributed by atoms with Gasteiger partial charge in [0.25, 0.3) is 11.8 Å². The molecular weight excluding hydrogens is 396 g/mol. The predicted molar refractivity (Wildman–Crippen MR) is 105 cm³/mol. The van der Waals surface area contributed by atoms with E-state index in [1.807, 2.05) is 0 Å². The van der Waals surface area contributed by atoms with Crippen molar-refractivity contribution >= 4 is 17.8 Å². The van der Waals surface area contributed by atoms with E-state index in [2.05, 4.69) is 10.6 Å². The molecule has 2 N–H and O–H groups in total. The number of furan rings is 1. The molecule has 1 heterocycles. The second kappa shape index (κ2) is 10.7. The van der Waals surface area contributed by atoms with Gasteiger partial charge in [0.15, 0.2) is 17.6 Å². The Hall–Kier alpha value is -3.69. The summed E-state index contributed by atoms with van der Waals surface area (Å²) in [6.07, 6.45) is 0.451. The van der Waals surface area contributed by atoms with Gasteiger partial charge in [-0.3, -0.25) is 14.4 Å². The monoisotopic (exact) mass is 420 g/mol. The van der Waals surface area contributed by atoms with Crippen molar-refractivity contribution in [2.45, 2.75) is 19.6 Å². The van der Waals surface area contributed by atoms with Crippen molar-refractivity contribution in [1.29, 1.82) is 0 Å². The molecule has 30 heavy (non-hydrogen) atoms. The number of carbonyl (C=O) groups is 3. The van der Waals surface area contributed by atoms with Crippen LogP contribution < -0.4 is 24.8 Å². The molecule has 10 nitrogen and oxygen atoms in total. The molecule has 1 aromatic heterocycles. The predicted octanol–water partition coefficient (Wildman–Crippen LogP) is 1.28. The number of carbonyl (C=O) groups excluding carboxylic acids is 3. The fourth-order valence-electron chi connectivity index (χ4n) is 2.49. The van der Waals surface area contributed by atoms with Crippen molar-refractivity contribution in [3.63, 3.8) is 0 Å². The van der Waals surface area contributed by atoms with Crippen molar-refractivity contribution in [2.75, 3.05) is 27.9 Å². The molecule has 162 valence electrons. The van der Waals surface area contributed by atoms with E-state index in [9.17, 15) is 14.4 Å². The minimum absolute atomic E-state index is 0.172. The number of benzene rings is 1. The van der Waals surface area contributed by atoms with Crippen LogP contribution in [0.5, 0.6) is 17.2 Å². The van der Waals surface area contributed by atoms with E-state index in [0.717, 1.165) is 0 Å². The molecule has 2 amide bonds. The SMILES string of the molecule is COc1cc(C(=O)NCC(=O)O[C@@H](C)C(=O)NCc2ccco2)cc(OC)c1OC. The van der Waals surface area contributed by atoms with Crippen LogP contribution in [0.1, 0.15) is 23.0 Å². The second-order valence-electron chi connectivity index (χ2n) is 6.03. The standard InChI is InChI=1S/C20H24N2O8/c1-12(19(24)21-10-14-6-5-7-29-14)30-17(23)11-22-20(25)13-8-15(26-2)18(28-4)16(9-13)27-3/h5-9,12H,10-11H2,1-4H3,(H,21,24)(H,22,25)/t12-/m0/s1. The zero-order valence-corrected chi connectivity index (χ0v) is 17.1. The maximum atomic E-state index is 12.4. The fourth-order valence-corrected chi connectivity index (χ4v) is 2.49. The van der Waals surface area contributed by atoms with E-state index >= 15 is 0 Å². The molecule has 1 aromatic carbocycles. The molecule has 0 aliphatic carbocycles. The summed E-state index contributed by atoms with van der Waals surface area (Å²) in [5.74, 6) is -0.309. The Morgan fingerprint density at radius 1 is 1.03 bits per heavy atom. The number of hydrogen-bond acceptors (Lipinski definition) is 8. The Balaban J connectivity index is 1.87. The van der Waals surface area contributed by atoms with Crippen LogP contribution in [0.3, 0.4) is 0 Å². The zero-order valence-electron chi connectivity index (χ0n) is 17.1. The average molecular weight is 420 g/mol. The van der Waals surface area contributed by atoms with Gasteiger partial charge in [-0.05, 0) is 31.2 Å². The van der Waals surface area contributed by atoms with Gasteiger partial charge >= 0.3 is 5.97 Å². The van der Waals surface area contributed by atoms with Crippen molar-refractivity contribution in [1.82, 2.24) is 10.6 Å². The average Bonchev–Trinajstić information content (AvgIpc) is 3.28. The molecular formula is C20H24N2O8. The lowest BCUT2D eigenvalue weighted by molar-refractivity contribution is -0.153. The molecule has 0 radical (unpaired) electrons. The minimum Gasteiger partial charge on any atom is -0.493 e. The van der Waals surface area contributed by atoms with Gasteiger partial charge in [0, 0.05) is 5.56 Å². The Morgan fingerprint density at radius 2 is 1.70 bits per heavy atom. The summed E-state index contributed by atoms with van der Waals surface area (Å²) in [5.41, 5.74) is 0.196. The first-order chi connectivity index (χ1) is 14.4. The van der Waals surface area contributed by atoms with Crippen LogP contribution in [-0.2, 0) is 20.9 Å². The van der Waals surface area contributed by atoms with Gasteiger partial charge in [-0.25, -0.2) is 0 Å². The number of amides is 2. The van der Waals surface area contributed by atoms with E-state index in [-0.39, 0.29) is 12.1 Å². The molecule has 1 atom stereocenters. The van der Waals surface area contributed by atoms with Crippen LogP contribution in [0, 0.1) is 0 Å². The second-order valence-corrected chi connectivity index (χ2v) is 6.03. The first-order valence-corrected chi connectivity index (χ1v) is 8.97. The summed E-state index contributed by atoms with van der Waals surface area (Å²) in [6, 6.07) is 6.30. The molecule has 0 aliphatic heterocycles. The number of rotatable bonds is 10. The lowest BCUT2D eigenvalue weighted by atomic mass is 10.1.